The molecule has 0 radical (unpaired) electrons. The number of thiazole rings is 1. The minimum atomic E-state index is 0.711. The SMILES string of the molecule is COc1cccc(SCc2csc(-c3cccc(OC)c3OC)n2)c1. The molecule has 6 heteroatoms. The van der Waals surface area contributed by atoms with E-state index in [1.54, 1.807) is 44.4 Å². The fourth-order valence-electron chi connectivity index (χ4n) is 2.40. The molecule has 130 valence electrons. The van der Waals surface area contributed by atoms with Crippen LogP contribution in [0.25, 0.3) is 10.6 Å². The lowest BCUT2D eigenvalue weighted by molar-refractivity contribution is 0.356. The number of ether oxygens (including phenoxy) is 3. The van der Waals surface area contributed by atoms with E-state index in [0.29, 0.717) is 11.5 Å². The van der Waals surface area contributed by atoms with Crippen molar-refractivity contribution in [3.05, 3.63) is 53.5 Å². The summed E-state index contributed by atoms with van der Waals surface area (Å²) in [7, 11) is 4.96. The van der Waals surface area contributed by atoms with E-state index < -0.39 is 0 Å². The molecule has 2 aromatic carbocycles. The van der Waals surface area contributed by atoms with E-state index in [9.17, 15) is 0 Å². The second kappa shape index (κ2) is 8.27. The molecule has 0 aliphatic rings. The van der Waals surface area contributed by atoms with E-state index in [4.69, 9.17) is 19.2 Å². The largest absolute Gasteiger partial charge is 0.497 e. The first-order valence-corrected chi connectivity index (χ1v) is 9.54. The molecular weight excluding hydrogens is 354 g/mol. The van der Waals surface area contributed by atoms with Crippen LogP contribution in [-0.4, -0.2) is 26.3 Å². The van der Waals surface area contributed by atoms with Gasteiger partial charge in [-0.3, -0.25) is 0 Å². The van der Waals surface area contributed by atoms with Gasteiger partial charge in [0.15, 0.2) is 11.5 Å². The van der Waals surface area contributed by atoms with Gasteiger partial charge < -0.3 is 14.2 Å². The molecule has 1 heterocycles. The molecule has 0 saturated carbocycles. The molecule has 0 N–H and O–H groups in total. The molecule has 0 fully saturated rings. The molecule has 0 bridgehead atoms. The normalized spacial score (nSPS) is 10.5. The van der Waals surface area contributed by atoms with Crippen molar-refractivity contribution in [1.29, 1.82) is 0 Å². The Kier molecular flexibility index (Phi) is 5.83. The first-order valence-electron chi connectivity index (χ1n) is 7.67. The second-order valence-electron chi connectivity index (χ2n) is 5.15. The lowest BCUT2D eigenvalue weighted by atomic mass is 10.2. The highest BCUT2D eigenvalue weighted by Crippen LogP contribution is 2.39. The molecule has 0 saturated heterocycles. The van der Waals surface area contributed by atoms with Crippen LogP contribution in [0.2, 0.25) is 0 Å². The highest BCUT2D eigenvalue weighted by Gasteiger charge is 2.14. The summed E-state index contributed by atoms with van der Waals surface area (Å²) in [6.07, 6.45) is 0. The van der Waals surface area contributed by atoms with Gasteiger partial charge in [0.05, 0.1) is 32.6 Å². The van der Waals surface area contributed by atoms with Gasteiger partial charge in [0.25, 0.3) is 0 Å². The van der Waals surface area contributed by atoms with E-state index >= 15 is 0 Å². The van der Waals surface area contributed by atoms with Crippen LogP contribution in [-0.2, 0) is 5.75 Å². The molecule has 0 aliphatic heterocycles. The molecule has 0 unspecified atom stereocenters. The Hall–Kier alpha value is -2.18. The van der Waals surface area contributed by atoms with Gasteiger partial charge in [0.2, 0.25) is 0 Å². The average Bonchev–Trinajstić information content (AvgIpc) is 3.14. The smallest absolute Gasteiger partial charge is 0.170 e. The fourth-order valence-corrected chi connectivity index (χ4v) is 4.18. The molecule has 0 atom stereocenters. The molecule has 0 spiro atoms. The Balaban J connectivity index is 1.76. The number of hydrogen-bond donors (Lipinski definition) is 0. The van der Waals surface area contributed by atoms with Crippen LogP contribution < -0.4 is 14.2 Å². The lowest BCUT2D eigenvalue weighted by Gasteiger charge is -2.10. The maximum absolute atomic E-state index is 5.51. The van der Waals surface area contributed by atoms with E-state index in [0.717, 1.165) is 32.7 Å². The summed E-state index contributed by atoms with van der Waals surface area (Å²) >= 11 is 3.35. The first kappa shape index (κ1) is 17.6. The Labute approximate surface area is 155 Å². The van der Waals surface area contributed by atoms with Crippen LogP contribution >= 0.6 is 23.1 Å². The minimum Gasteiger partial charge on any atom is -0.497 e. The number of benzene rings is 2. The molecular formula is C19H19NO3S2. The maximum atomic E-state index is 5.51. The minimum absolute atomic E-state index is 0.711. The number of para-hydroxylation sites is 1. The zero-order chi connectivity index (χ0) is 17.6. The molecule has 1 aromatic heterocycles. The molecule has 4 nitrogen and oxygen atoms in total. The van der Waals surface area contributed by atoms with Crippen LogP contribution in [0.4, 0.5) is 0 Å². The van der Waals surface area contributed by atoms with Gasteiger partial charge in [-0.2, -0.15) is 0 Å². The highest BCUT2D eigenvalue weighted by molar-refractivity contribution is 7.98. The van der Waals surface area contributed by atoms with Crippen molar-refractivity contribution in [2.45, 2.75) is 10.6 Å². The number of aromatic nitrogens is 1. The van der Waals surface area contributed by atoms with Crippen molar-refractivity contribution < 1.29 is 14.2 Å². The van der Waals surface area contributed by atoms with Gasteiger partial charge >= 0.3 is 0 Å². The summed E-state index contributed by atoms with van der Waals surface area (Å²) < 4.78 is 16.1. The molecule has 0 aliphatic carbocycles. The fraction of sp³-hybridized carbons (Fsp3) is 0.211. The predicted molar refractivity (Wildman–Crippen MR) is 103 cm³/mol. The van der Waals surface area contributed by atoms with E-state index in [-0.39, 0.29) is 0 Å². The first-order chi connectivity index (χ1) is 12.2. The van der Waals surface area contributed by atoms with E-state index in [1.807, 2.05) is 36.4 Å². The summed E-state index contributed by atoms with van der Waals surface area (Å²) in [6, 6.07) is 13.9. The number of thioether (sulfide) groups is 1. The third-order valence-corrected chi connectivity index (χ3v) is 5.56. The topological polar surface area (TPSA) is 40.6 Å². The van der Waals surface area contributed by atoms with Gasteiger partial charge in [0.1, 0.15) is 10.8 Å². The Morgan fingerprint density at radius 3 is 2.60 bits per heavy atom. The second-order valence-corrected chi connectivity index (χ2v) is 7.06. The third kappa shape index (κ3) is 4.08. The summed E-state index contributed by atoms with van der Waals surface area (Å²) in [4.78, 5) is 5.91. The van der Waals surface area contributed by atoms with Crippen LogP contribution in [0, 0.1) is 0 Å². The van der Waals surface area contributed by atoms with Crippen molar-refractivity contribution in [2.24, 2.45) is 0 Å². The predicted octanol–water partition coefficient (Wildman–Crippen LogP) is 5.13. The molecule has 25 heavy (non-hydrogen) atoms. The quantitative estimate of drug-likeness (QED) is 0.537. The van der Waals surface area contributed by atoms with E-state index in [2.05, 4.69) is 11.4 Å². The lowest BCUT2D eigenvalue weighted by Crippen LogP contribution is -1.93. The number of hydrogen-bond acceptors (Lipinski definition) is 6. The van der Waals surface area contributed by atoms with Crippen molar-refractivity contribution in [2.75, 3.05) is 21.3 Å². The van der Waals surface area contributed by atoms with Crippen LogP contribution in [0.3, 0.4) is 0 Å². The van der Waals surface area contributed by atoms with Gasteiger partial charge in [-0.05, 0) is 30.3 Å². The van der Waals surface area contributed by atoms with Crippen LogP contribution in [0.5, 0.6) is 17.2 Å². The van der Waals surface area contributed by atoms with Crippen molar-refractivity contribution >= 4 is 23.1 Å². The number of rotatable bonds is 7. The van der Waals surface area contributed by atoms with Gasteiger partial charge in [-0.1, -0.05) is 12.1 Å². The molecule has 3 aromatic rings. The molecule has 0 amide bonds. The Bertz CT molecular complexity index is 848. The zero-order valence-electron chi connectivity index (χ0n) is 14.3. The van der Waals surface area contributed by atoms with Gasteiger partial charge in [-0.15, -0.1) is 23.1 Å². The van der Waals surface area contributed by atoms with Crippen molar-refractivity contribution in [3.8, 4) is 27.8 Å². The van der Waals surface area contributed by atoms with Crippen molar-refractivity contribution in [1.82, 2.24) is 4.98 Å². The summed E-state index contributed by atoms with van der Waals surface area (Å²) in [5, 5.41) is 3.01. The zero-order valence-corrected chi connectivity index (χ0v) is 15.9. The summed E-state index contributed by atoms with van der Waals surface area (Å²) in [6.45, 7) is 0. The monoisotopic (exact) mass is 373 g/mol. The third-order valence-electron chi connectivity index (χ3n) is 3.61. The summed E-state index contributed by atoms with van der Waals surface area (Å²) in [5.74, 6) is 3.09. The Morgan fingerprint density at radius 1 is 1.00 bits per heavy atom. The summed E-state index contributed by atoms with van der Waals surface area (Å²) in [5.41, 5.74) is 1.99. The highest BCUT2D eigenvalue weighted by atomic mass is 32.2. The molecule has 3 rings (SSSR count). The number of nitrogens with zero attached hydrogens (tertiary/aromatic N) is 1. The maximum Gasteiger partial charge on any atom is 0.170 e. The van der Waals surface area contributed by atoms with Gasteiger partial charge in [-0.25, -0.2) is 4.98 Å². The number of methoxy groups -OCH3 is 3. The standard InChI is InChI=1S/C19H19NO3S2/c1-21-14-6-4-7-15(10-14)24-11-13-12-25-19(20-13)16-8-5-9-17(22-2)18(16)23-3/h4-10,12H,11H2,1-3H3. The van der Waals surface area contributed by atoms with E-state index in [1.165, 1.54) is 0 Å². The van der Waals surface area contributed by atoms with Crippen molar-refractivity contribution in [3.63, 3.8) is 0 Å². The Morgan fingerprint density at radius 2 is 1.84 bits per heavy atom. The average molecular weight is 373 g/mol. The van der Waals surface area contributed by atoms with Crippen LogP contribution in [0.1, 0.15) is 5.69 Å². The van der Waals surface area contributed by atoms with Gasteiger partial charge in [0, 0.05) is 16.0 Å². The van der Waals surface area contributed by atoms with Crippen LogP contribution in [0.15, 0.2) is 52.7 Å².